The summed E-state index contributed by atoms with van der Waals surface area (Å²) in [5, 5.41) is 8.88. The van der Waals surface area contributed by atoms with Gasteiger partial charge in [0, 0.05) is 5.41 Å². The predicted molar refractivity (Wildman–Crippen MR) is 126 cm³/mol. The van der Waals surface area contributed by atoms with Gasteiger partial charge in [-0.05, 0) is 85.6 Å². The monoisotopic (exact) mass is 500 g/mol. The molecule has 1 saturated heterocycles. The highest BCUT2D eigenvalue weighted by molar-refractivity contribution is 5.66. The highest BCUT2D eigenvalue weighted by atomic mass is 19.4. The summed E-state index contributed by atoms with van der Waals surface area (Å²) in [6.45, 7) is 1.99. The molecule has 3 nitrogen and oxygen atoms in total. The lowest BCUT2D eigenvalue weighted by molar-refractivity contribution is -0.137. The number of halogens is 5. The Morgan fingerprint density at radius 3 is 2.14 bits per heavy atom. The molecule has 1 aliphatic heterocycles. The second-order valence-corrected chi connectivity index (χ2v) is 9.29. The summed E-state index contributed by atoms with van der Waals surface area (Å²) in [5.41, 5.74) is -0.709. The van der Waals surface area contributed by atoms with Gasteiger partial charge in [-0.2, -0.15) is 18.4 Å². The Hall–Kier alpha value is -3.28. The highest BCUT2D eigenvalue weighted by Crippen LogP contribution is 2.37. The van der Waals surface area contributed by atoms with Crippen LogP contribution in [0.4, 0.5) is 22.0 Å². The smallest absolute Gasteiger partial charge is 0.376 e. The lowest BCUT2D eigenvalue weighted by Crippen LogP contribution is -2.43. The minimum Gasteiger partial charge on any atom is -0.376 e. The van der Waals surface area contributed by atoms with Gasteiger partial charge in [-0.3, -0.25) is 0 Å². The molecule has 3 aromatic carbocycles. The van der Waals surface area contributed by atoms with E-state index in [4.69, 9.17) is 10.00 Å². The Labute approximate surface area is 206 Å². The molecule has 0 aliphatic carbocycles. The summed E-state index contributed by atoms with van der Waals surface area (Å²) in [6.07, 6.45) is -2.95. The highest BCUT2D eigenvalue weighted by Gasteiger charge is 2.36. The topological polar surface area (TPSA) is 36.3 Å². The Bertz CT molecular complexity index is 1240. The van der Waals surface area contributed by atoms with Crippen LogP contribution in [-0.2, 0) is 22.9 Å². The molecule has 0 aromatic heterocycles. The van der Waals surface area contributed by atoms with Crippen molar-refractivity contribution in [2.45, 2.75) is 31.0 Å². The lowest BCUT2D eigenvalue weighted by atomic mass is 9.73. The Morgan fingerprint density at radius 1 is 0.944 bits per heavy atom. The van der Waals surface area contributed by atoms with E-state index in [0.717, 1.165) is 55.8 Å². The maximum atomic E-state index is 14.2. The molecule has 0 bridgehead atoms. The summed E-state index contributed by atoms with van der Waals surface area (Å²) in [7, 11) is 2.05. The average Bonchev–Trinajstić information content (AvgIpc) is 2.85. The van der Waals surface area contributed by atoms with E-state index < -0.39 is 28.9 Å². The SMILES string of the molecule is CN1CCC(COCc2cc(-c3cc(F)c(C#N)c(F)c3)cc(C(F)(F)F)c2)(c2ccccc2)CC1. The fourth-order valence-corrected chi connectivity index (χ4v) is 4.67. The zero-order chi connectivity index (χ0) is 25.9. The van der Waals surface area contributed by atoms with Crippen LogP contribution in [-0.4, -0.2) is 31.6 Å². The van der Waals surface area contributed by atoms with E-state index in [2.05, 4.69) is 11.9 Å². The molecule has 0 amide bonds. The van der Waals surface area contributed by atoms with Crippen LogP contribution >= 0.6 is 0 Å². The van der Waals surface area contributed by atoms with Crippen molar-refractivity contribution in [3.05, 3.63) is 94.6 Å². The van der Waals surface area contributed by atoms with E-state index in [1.165, 1.54) is 12.1 Å². The first-order chi connectivity index (χ1) is 17.1. The van der Waals surface area contributed by atoms with Gasteiger partial charge in [0.15, 0.2) is 0 Å². The van der Waals surface area contributed by atoms with Gasteiger partial charge in [-0.25, -0.2) is 8.78 Å². The van der Waals surface area contributed by atoms with Crippen molar-refractivity contribution >= 4 is 0 Å². The Kier molecular flexibility index (Phi) is 7.43. The van der Waals surface area contributed by atoms with E-state index in [-0.39, 0.29) is 28.7 Å². The fourth-order valence-electron chi connectivity index (χ4n) is 4.67. The van der Waals surface area contributed by atoms with Gasteiger partial charge < -0.3 is 9.64 Å². The van der Waals surface area contributed by atoms with Crippen LogP contribution in [0.2, 0.25) is 0 Å². The van der Waals surface area contributed by atoms with Gasteiger partial charge in [0.05, 0.1) is 18.8 Å². The number of likely N-dealkylation sites (tertiary alicyclic amines) is 1. The Morgan fingerprint density at radius 2 is 1.56 bits per heavy atom. The molecule has 1 heterocycles. The van der Waals surface area contributed by atoms with Gasteiger partial charge in [0.1, 0.15) is 23.3 Å². The molecule has 0 atom stereocenters. The summed E-state index contributed by atoms with van der Waals surface area (Å²) in [4.78, 5) is 2.23. The van der Waals surface area contributed by atoms with Crippen LogP contribution in [0.15, 0.2) is 60.7 Å². The number of ether oxygens (including phenoxy) is 1. The summed E-state index contributed by atoms with van der Waals surface area (Å²) >= 11 is 0. The van der Waals surface area contributed by atoms with Crippen LogP contribution in [0.1, 0.15) is 35.1 Å². The largest absolute Gasteiger partial charge is 0.416 e. The molecular weight excluding hydrogens is 475 g/mol. The first kappa shape index (κ1) is 25.8. The second kappa shape index (κ2) is 10.4. The fraction of sp³-hybridized carbons (Fsp3) is 0.321. The molecule has 0 saturated carbocycles. The standard InChI is InChI=1S/C28H25F5N2O/c1-35-9-7-27(8-10-35,22-5-3-2-4-6-22)18-36-17-19-11-20(13-23(12-19)28(31,32)33)21-14-25(29)24(16-34)26(30)15-21/h2-6,11-15H,7-10,17-18H2,1H3. The minimum atomic E-state index is -4.66. The molecule has 1 aliphatic rings. The number of hydrogen-bond donors (Lipinski definition) is 0. The second-order valence-electron chi connectivity index (χ2n) is 9.29. The van der Waals surface area contributed by atoms with E-state index >= 15 is 0 Å². The molecule has 3 aromatic rings. The molecule has 0 unspecified atom stereocenters. The van der Waals surface area contributed by atoms with Gasteiger partial charge in [0.2, 0.25) is 0 Å². The molecule has 8 heteroatoms. The number of rotatable bonds is 6. The van der Waals surface area contributed by atoms with Crippen molar-refractivity contribution in [2.75, 3.05) is 26.7 Å². The zero-order valence-corrected chi connectivity index (χ0v) is 19.7. The van der Waals surface area contributed by atoms with Gasteiger partial charge >= 0.3 is 6.18 Å². The first-order valence-electron chi connectivity index (χ1n) is 11.5. The minimum absolute atomic E-state index is 0.0113. The lowest BCUT2D eigenvalue weighted by Gasteiger charge is -2.41. The third-order valence-electron chi connectivity index (χ3n) is 6.78. The molecule has 0 spiro atoms. The maximum absolute atomic E-state index is 14.2. The molecule has 188 valence electrons. The van der Waals surface area contributed by atoms with E-state index in [9.17, 15) is 22.0 Å². The molecule has 4 rings (SSSR count). The third-order valence-corrected chi connectivity index (χ3v) is 6.78. The normalized spacial score (nSPS) is 16.0. The third kappa shape index (κ3) is 5.58. The quantitative estimate of drug-likeness (QED) is 0.353. The number of nitriles is 1. The van der Waals surface area contributed by atoms with Crippen LogP contribution in [0, 0.1) is 23.0 Å². The summed E-state index contributed by atoms with van der Waals surface area (Å²) in [5.74, 6) is -2.26. The molecule has 1 fully saturated rings. The van der Waals surface area contributed by atoms with Crippen molar-refractivity contribution in [3.8, 4) is 17.2 Å². The van der Waals surface area contributed by atoms with E-state index in [1.54, 1.807) is 0 Å². The average molecular weight is 501 g/mol. The maximum Gasteiger partial charge on any atom is 0.416 e. The van der Waals surface area contributed by atoms with Crippen LogP contribution in [0.5, 0.6) is 0 Å². The van der Waals surface area contributed by atoms with E-state index in [0.29, 0.717) is 6.61 Å². The molecule has 0 N–H and O–H groups in total. The van der Waals surface area contributed by atoms with Gasteiger partial charge in [-0.15, -0.1) is 0 Å². The van der Waals surface area contributed by atoms with Crippen molar-refractivity contribution in [2.24, 2.45) is 0 Å². The van der Waals surface area contributed by atoms with Gasteiger partial charge in [0.25, 0.3) is 0 Å². The number of alkyl halides is 3. The zero-order valence-electron chi connectivity index (χ0n) is 19.7. The predicted octanol–water partition coefficient (Wildman–Crippen LogP) is 6.70. The van der Waals surface area contributed by atoms with Crippen molar-refractivity contribution in [1.82, 2.24) is 4.90 Å². The van der Waals surface area contributed by atoms with Crippen molar-refractivity contribution < 1.29 is 26.7 Å². The number of hydrogen-bond acceptors (Lipinski definition) is 3. The van der Waals surface area contributed by atoms with Gasteiger partial charge in [-0.1, -0.05) is 30.3 Å². The van der Waals surface area contributed by atoms with Crippen molar-refractivity contribution in [1.29, 1.82) is 5.26 Å². The summed E-state index contributed by atoms with van der Waals surface area (Å²) < 4.78 is 75.2. The van der Waals surface area contributed by atoms with Crippen LogP contribution in [0.25, 0.3) is 11.1 Å². The molecule has 36 heavy (non-hydrogen) atoms. The van der Waals surface area contributed by atoms with Crippen LogP contribution in [0.3, 0.4) is 0 Å². The summed E-state index contributed by atoms with van der Waals surface area (Å²) in [6, 6.07) is 16.4. The first-order valence-corrected chi connectivity index (χ1v) is 11.5. The Balaban J connectivity index is 1.62. The van der Waals surface area contributed by atoms with Crippen LogP contribution < -0.4 is 0 Å². The molecule has 0 radical (unpaired) electrons. The van der Waals surface area contributed by atoms with Crippen molar-refractivity contribution in [3.63, 3.8) is 0 Å². The number of nitrogens with zero attached hydrogens (tertiary/aromatic N) is 2. The van der Waals surface area contributed by atoms with E-state index in [1.807, 2.05) is 30.3 Å². The number of benzene rings is 3. The molecular formula is C28H25F5N2O. The number of piperidine rings is 1.